The number of H-pyrrole nitrogens is 1. The molecule has 25 heavy (non-hydrogen) atoms. The van der Waals surface area contributed by atoms with Crippen molar-refractivity contribution in [2.45, 2.75) is 44.3 Å². The summed E-state index contributed by atoms with van der Waals surface area (Å²) >= 11 is 1.89. The summed E-state index contributed by atoms with van der Waals surface area (Å²) in [6.07, 6.45) is 8.32. The number of thioether (sulfide) groups is 1. The van der Waals surface area contributed by atoms with Crippen LogP contribution < -0.4 is 0 Å². The minimum Gasteiger partial charge on any atom is -0.361 e. The third-order valence-corrected chi connectivity index (χ3v) is 6.58. The first kappa shape index (κ1) is 16.8. The second kappa shape index (κ2) is 6.57. The highest BCUT2D eigenvalue weighted by Gasteiger charge is 2.47. The highest BCUT2D eigenvalue weighted by Crippen LogP contribution is 2.55. The molecule has 1 aliphatic carbocycles. The summed E-state index contributed by atoms with van der Waals surface area (Å²) in [6.45, 7) is 4.54. The zero-order valence-electron chi connectivity index (χ0n) is 15.4. The predicted octanol–water partition coefficient (Wildman–Crippen LogP) is 6.45. The number of nitrogens with one attached hydrogen (secondary N) is 1. The van der Waals surface area contributed by atoms with Gasteiger partial charge in [-0.25, -0.2) is 0 Å². The Kier molecular flexibility index (Phi) is 4.41. The maximum atomic E-state index is 3.63. The van der Waals surface area contributed by atoms with Gasteiger partial charge in [0.25, 0.3) is 0 Å². The van der Waals surface area contributed by atoms with Crippen LogP contribution in [0.1, 0.15) is 48.4 Å². The van der Waals surface area contributed by atoms with Crippen LogP contribution in [-0.2, 0) is 11.2 Å². The zero-order valence-corrected chi connectivity index (χ0v) is 16.2. The molecule has 130 valence electrons. The predicted molar refractivity (Wildman–Crippen MR) is 110 cm³/mol. The number of fused-ring (bicyclic) bond motifs is 1. The topological polar surface area (TPSA) is 15.8 Å². The SMILES string of the molecule is CCC(c1ccc(C)cc1)(c1c[nH]c2c(CSC)cccc12)C1CC1. The molecule has 1 aromatic heterocycles. The summed E-state index contributed by atoms with van der Waals surface area (Å²) < 4.78 is 0. The summed E-state index contributed by atoms with van der Waals surface area (Å²) in [5.74, 6) is 1.83. The summed E-state index contributed by atoms with van der Waals surface area (Å²) in [4.78, 5) is 3.63. The van der Waals surface area contributed by atoms with Gasteiger partial charge in [-0.1, -0.05) is 55.0 Å². The number of aromatic amines is 1. The molecule has 3 aromatic rings. The molecule has 0 saturated heterocycles. The van der Waals surface area contributed by atoms with Crippen LogP contribution in [-0.4, -0.2) is 11.2 Å². The third-order valence-electron chi connectivity index (χ3n) is 5.98. The Morgan fingerprint density at radius 3 is 2.52 bits per heavy atom. The van der Waals surface area contributed by atoms with E-state index in [0.29, 0.717) is 0 Å². The van der Waals surface area contributed by atoms with Crippen LogP contribution in [0.3, 0.4) is 0 Å². The first-order valence-corrected chi connectivity index (χ1v) is 10.8. The van der Waals surface area contributed by atoms with E-state index in [1.54, 1.807) is 0 Å². The summed E-state index contributed by atoms with van der Waals surface area (Å²) in [7, 11) is 0. The quantitative estimate of drug-likeness (QED) is 0.541. The molecule has 1 saturated carbocycles. The van der Waals surface area contributed by atoms with Crippen molar-refractivity contribution < 1.29 is 0 Å². The van der Waals surface area contributed by atoms with Crippen LogP contribution in [0.5, 0.6) is 0 Å². The average molecular weight is 350 g/mol. The Morgan fingerprint density at radius 1 is 1.12 bits per heavy atom. The molecular formula is C23H27NS. The second-order valence-electron chi connectivity index (χ2n) is 7.44. The van der Waals surface area contributed by atoms with Gasteiger partial charge in [-0.3, -0.25) is 0 Å². The van der Waals surface area contributed by atoms with Crippen molar-refractivity contribution in [3.63, 3.8) is 0 Å². The van der Waals surface area contributed by atoms with E-state index in [-0.39, 0.29) is 5.41 Å². The van der Waals surface area contributed by atoms with Crippen molar-refractivity contribution in [3.05, 3.63) is 70.9 Å². The summed E-state index contributed by atoms with van der Waals surface area (Å²) in [5, 5.41) is 1.42. The maximum absolute atomic E-state index is 3.63. The molecule has 0 aliphatic heterocycles. The lowest BCUT2D eigenvalue weighted by Crippen LogP contribution is -2.29. The van der Waals surface area contributed by atoms with Crippen molar-refractivity contribution in [2.75, 3.05) is 6.26 Å². The molecule has 1 atom stereocenters. The lowest BCUT2D eigenvalue weighted by Gasteiger charge is -2.34. The molecule has 1 N–H and O–H groups in total. The third kappa shape index (κ3) is 2.71. The number of rotatable bonds is 6. The van der Waals surface area contributed by atoms with E-state index in [4.69, 9.17) is 0 Å². The van der Waals surface area contributed by atoms with Crippen LogP contribution in [0.2, 0.25) is 0 Å². The Hall–Kier alpha value is -1.67. The van der Waals surface area contributed by atoms with E-state index in [1.807, 2.05) is 11.8 Å². The Morgan fingerprint density at radius 2 is 1.88 bits per heavy atom. The number of benzene rings is 2. The lowest BCUT2D eigenvalue weighted by molar-refractivity contribution is 0.435. The van der Waals surface area contributed by atoms with Gasteiger partial charge >= 0.3 is 0 Å². The van der Waals surface area contributed by atoms with Crippen molar-refractivity contribution >= 4 is 22.7 Å². The van der Waals surface area contributed by atoms with E-state index in [2.05, 4.69) is 73.7 Å². The van der Waals surface area contributed by atoms with Gasteiger partial charge in [-0.15, -0.1) is 0 Å². The van der Waals surface area contributed by atoms with Gasteiger partial charge in [0.05, 0.1) is 0 Å². The van der Waals surface area contributed by atoms with E-state index in [1.165, 1.54) is 46.0 Å². The number of aromatic nitrogens is 1. The molecular weight excluding hydrogens is 322 g/mol. The minimum atomic E-state index is 0.143. The Bertz CT molecular complexity index is 873. The standard InChI is InChI=1S/C23H27NS/c1-4-23(19-12-13-19,18-10-8-16(2)9-11-18)21-14-24-22-17(15-25-3)6-5-7-20(21)22/h5-11,14,19,24H,4,12-13,15H2,1-3H3. The van der Waals surface area contributed by atoms with Gasteiger partial charge in [0.1, 0.15) is 0 Å². The molecule has 1 nitrogen and oxygen atoms in total. The van der Waals surface area contributed by atoms with Crippen LogP contribution in [0.4, 0.5) is 0 Å². The molecule has 0 radical (unpaired) electrons. The Labute approximate surface area is 155 Å². The van der Waals surface area contributed by atoms with Gasteiger partial charge in [0.2, 0.25) is 0 Å². The molecule has 0 spiro atoms. The molecule has 1 unspecified atom stereocenters. The van der Waals surface area contributed by atoms with Crippen molar-refractivity contribution in [2.24, 2.45) is 5.92 Å². The zero-order chi connectivity index (χ0) is 17.4. The second-order valence-corrected chi connectivity index (χ2v) is 8.31. The molecule has 2 heteroatoms. The highest BCUT2D eigenvalue weighted by atomic mass is 32.2. The van der Waals surface area contributed by atoms with Crippen molar-refractivity contribution in [3.8, 4) is 0 Å². The maximum Gasteiger partial charge on any atom is 0.0498 e. The van der Waals surface area contributed by atoms with Crippen LogP contribution in [0.25, 0.3) is 10.9 Å². The number of hydrogen-bond donors (Lipinski definition) is 1. The fourth-order valence-corrected chi connectivity index (χ4v) is 5.14. The minimum absolute atomic E-state index is 0.143. The average Bonchev–Trinajstić information content (AvgIpc) is 3.38. The first-order valence-electron chi connectivity index (χ1n) is 9.36. The van der Waals surface area contributed by atoms with E-state index >= 15 is 0 Å². The number of aryl methyl sites for hydroxylation is 1. The normalized spacial score (nSPS) is 16.9. The lowest BCUT2D eigenvalue weighted by atomic mass is 9.68. The van der Waals surface area contributed by atoms with Crippen molar-refractivity contribution in [1.29, 1.82) is 0 Å². The van der Waals surface area contributed by atoms with Crippen molar-refractivity contribution in [1.82, 2.24) is 4.98 Å². The monoisotopic (exact) mass is 349 g/mol. The van der Waals surface area contributed by atoms with Crippen LogP contribution in [0.15, 0.2) is 48.7 Å². The highest BCUT2D eigenvalue weighted by molar-refractivity contribution is 7.97. The fourth-order valence-electron chi connectivity index (χ4n) is 4.58. The van der Waals surface area contributed by atoms with Gasteiger partial charge in [0.15, 0.2) is 0 Å². The molecule has 4 rings (SSSR count). The van der Waals surface area contributed by atoms with E-state index in [9.17, 15) is 0 Å². The molecule has 0 amide bonds. The van der Waals surface area contributed by atoms with E-state index < -0.39 is 0 Å². The molecule has 0 bridgehead atoms. The smallest absolute Gasteiger partial charge is 0.0498 e. The molecule has 1 aliphatic rings. The van der Waals surface area contributed by atoms with Gasteiger partial charge < -0.3 is 4.98 Å². The van der Waals surface area contributed by atoms with Gasteiger partial charge in [0, 0.05) is 28.3 Å². The van der Waals surface area contributed by atoms with Crippen LogP contribution in [0, 0.1) is 12.8 Å². The van der Waals surface area contributed by atoms with Crippen LogP contribution >= 0.6 is 11.8 Å². The first-order chi connectivity index (χ1) is 12.2. The number of para-hydroxylation sites is 1. The summed E-state index contributed by atoms with van der Waals surface area (Å²) in [5.41, 5.74) is 7.21. The fraction of sp³-hybridized carbons (Fsp3) is 0.391. The number of hydrogen-bond acceptors (Lipinski definition) is 1. The largest absolute Gasteiger partial charge is 0.361 e. The van der Waals surface area contributed by atoms with Gasteiger partial charge in [-0.05, 0) is 55.1 Å². The summed E-state index contributed by atoms with van der Waals surface area (Å²) in [6, 6.07) is 16.1. The van der Waals surface area contributed by atoms with E-state index in [0.717, 1.165) is 18.1 Å². The molecule has 1 fully saturated rings. The molecule has 2 aromatic carbocycles. The molecule has 1 heterocycles. The Balaban J connectivity index is 1.93. The van der Waals surface area contributed by atoms with Gasteiger partial charge in [-0.2, -0.15) is 11.8 Å².